The van der Waals surface area contributed by atoms with Gasteiger partial charge < -0.3 is 16.0 Å². The first-order valence-corrected chi connectivity index (χ1v) is 14.5. The third-order valence-corrected chi connectivity index (χ3v) is 8.55. The van der Waals surface area contributed by atoms with Crippen molar-refractivity contribution in [3.05, 3.63) is 77.4 Å². The van der Waals surface area contributed by atoms with E-state index in [1.807, 2.05) is 43.3 Å². The Kier molecular flexibility index (Phi) is 10.9. The fourth-order valence-corrected chi connectivity index (χ4v) is 6.58. The maximum absolute atomic E-state index is 13.9. The number of hydrogen-bond acceptors (Lipinski definition) is 5. The molecule has 0 unspecified atom stereocenters. The van der Waals surface area contributed by atoms with Gasteiger partial charge in [0.1, 0.15) is 6.04 Å². The fourth-order valence-electron chi connectivity index (χ4n) is 4.60. The highest BCUT2D eigenvalue weighted by Crippen LogP contribution is 2.38. The van der Waals surface area contributed by atoms with Crippen LogP contribution in [0.1, 0.15) is 58.6 Å². The lowest BCUT2D eigenvalue weighted by Crippen LogP contribution is -2.56. The number of sulfonamides is 1. The summed E-state index contributed by atoms with van der Waals surface area (Å²) in [5.41, 5.74) is 6.31. The molecule has 39 heavy (non-hydrogen) atoms. The minimum Gasteiger partial charge on any atom is -0.343 e. The Balaban J connectivity index is 0.00000533. The highest BCUT2D eigenvalue weighted by molar-refractivity contribution is 7.99. The molecule has 3 rings (SSSR count). The first-order chi connectivity index (χ1) is 17.8. The van der Waals surface area contributed by atoms with Gasteiger partial charge in [0.15, 0.2) is 0 Å². The first kappa shape index (κ1) is 32.5. The molecule has 2 amide bonds. The summed E-state index contributed by atoms with van der Waals surface area (Å²) in [5, 5.41) is 2.86. The van der Waals surface area contributed by atoms with E-state index < -0.39 is 33.1 Å². The van der Waals surface area contributed by atoms with Crippen LogP contribution in [0.15, 0.2) is 66.2 Å². The number of nitrogens with zero attached hydrogens (tertiary/aromatic N) is 1. The number of halogens is 1. The molecule has 0 aliphatic carbocycles. The minimum absolute atomic E-state index is 0. The van der Waals surface area contributed by atoms with Gasteiger partial charge in [0.05, 0.1) is 16.0 Å². The monoisotopic (exact) mass is 576 g/mol. The summed E-state index contributed by atoms with van der Waals surface area (Å²) in [7, 11) is -3.77. The van der Waals surface area contributed by atoms with Crippen LogP contribution in [0.4, 0.5) is 0 Å². The summed E-state index contributed by atoms with van der Waals surface area (Å²) in [4.78, 5) is 28.5. The van der Waals surface area contributed by atoms with Crippen LogP contribution in [0, 0.1) is 0 Å². The van der Waals surface area contributed by atoms with Gasteiger partial charge in [0.25, 0.3) is 0 Å². The average Bonchev–Trinajstić information content (AvgIpc) is 3.04. The van der Waals surface area contributed by atoms with Crippen LogP contribution in [-0.2, 0) is 26.0 Å². The molecule has 0 spiro atoms. The predicted molar refractivity (Wildman–Crippen MR) is 159 cm³/mol. The topological polar surface area (TPSA) is 122 Å². The van der Waals surface area contributed by atoms with Crippen LogP contribution in [0.25, 0.3) is 4.91 Å². The molecule has 1 aliphatic heterocycles. The zero-order valence-electron chi connectivity index (χ0n) is 23.4. The summed E-state index contributed by atoms with van der Waals surface area (Å²) < 4.78 is 29.0. The molecule has 0 bridgehead atoms. The van der Waals surface area contributed by atoms with E-state index in [1.165, 1.54) is 0 Å². The first-order valence-electron chi connectivity index (χ1n) is 13.0. The lowest BCUT2D eigenvalue weighted by Gasteiger charge is -2.32. The molecule has 1 aliphatic rings. The predicted octanol–water partition coefficient (Wildman–Crippen LogP) is 3.62. The number of amides is 2. The maximum Gasteiger partial charge on any atom is 0.245 e. The van der Waals surface area contributed by atoms with Gasteiger partial charge >= 0.3 is 0 Å². The molecule has 1 heterocycles. The summed E-state index contributed by atoms with van der Waals surface area (Å²) in [6, 6.07) is 18.1. The van der Waals surface area contributed by atoms with Gasteiger partial charge in [0.2, 0.25) is 21.8 Å². The zero-order valence-corrected chi connectivity index (χ0v) is 25.0. The van der Waals surface area contributed by atoms with E-state index in [4.69, 9.17) is 5.73 Å². The van der Waals surface area contributed by atoms with Crippen molar-refractivity contribution in [2.75, 3.05) is 13.1 Å². The van der Waals surface area contributed by atoms with Crippen molar-refractivity contribution in [1.82, 2.24) is 14.9 Å². The quantitative estimate of drug-likeness (QED) is 0.377. The second-order valence-corrected chi connectivity index (χ2v) is 12.5. The van der Waals surface area contributed by atoms with Crippen LogP contribution in [0.5, 0.6) is 0 Å². The van der Waals surface area contributed by atoms with E-state index in [1.54, 1.807) is 56.9 Å². The number of carbonyl (C=O) groups is 2. The number of nitrogens with one attached hydrogen (secondary N) is 2. The minimum atomic E-state index is -3.77. The van der Waals surface area contributed by atoms with E-state index in [0.717, 1.165) is 12.0 Å². The lowest BCUT2D eigenvalue weighted by atomic mass is 9.92. The van der Waals surface area contributed by atoms with E-state index in [-0.39, 0.29) is 29.8 Å². The van der Waals surface area contributed by atoms with Crippen LogP contribution in [0.2, 0.25) is 0 Å². The molecular weight excluding hydrogens is 536 g/mol. The van der Waals surface area contributed by atoms with Crippen molar-refractivity contribution >= 4 is 39.1 Å². The van der Waals surface area contributed by atoms with Crippen molar-refractivity contribution < 1.29 is 18.0 Å². The van der Waals surface area contributed by atoms with Crippen molar-refractivity contribution in [2.24, 2.45) is 5.73 Å². The van der Waals surface area contributed by atoms with E-state index >= 15 is 0 Å². The van der Waals surface area contributed by atoms with E-state index in [0.29, 0.717) is 30.5 Å². The van der Waals surface area contributed by atoms with Gasteiger partial charge in [-0.2, -0.15) is 0 Å². The molecule has 0 aromatic heterocycles. The summed E-state index contributed by atoms with van der Waals surface area (Å²) >= 11 is 0. The Morgan fingerprint density at radius 2 is 1.62 bits per heavy atom. The molecule has 0 saturated carbocycles. The van der Waals surface area contributed by atoms with Gasteiger partial charge in [0, 0.05) is 13.1 Å². The Bertz CT molecular complexity index is 1270. The third-order valence-electron chi connectivity index (χ3n) is 6.75. The SMILES string of the molecule is CCN(CC1=C(c2ccccc2)S(=O)(=O)NC1(C)C)C(=O)[C@@H](CCCc1ccccc1)NC(=O)C(C)(C)N.Cl. The molecule has 2 aromatic carbocycles. The van der Waals surface area contributed by atoms with Crippen LogP contribution < -0.4 is 15.8 Å². The molecular formula is C29H41ClN4O4S. The second kappa shape index (κ2) is 13.1. The number of rotatable bonds is 11. The number of carbonyl (C=O) groups excluding carboxylic acids is 2. The third kappa shape index (κ3) is 8.14. The van der Waals surface area contributed by atoms with Crippen molar-refractivity contribution in [3.8, 4) is 0 Å². The fraction of sp³-hybridized carbons (Fsp3) is 0.448. The number of aryl methyl sites for hydroxylation is 1. The van der Waals surface area contributed by atoms with Crippen LogP contribution in [-0.4, -0.2) is 55.3 Å². The molecule has 0 radical (unpaired) electrons. The number of likely N-dealkylation sites (N-methyl/N-ethyl adjacent to an activating group) is 1. The number of nitrogens with two attached hydrogens (primary N) is 1. The number of benzene rings is 2. The van der Waals surface area contributed by atoms with E-state index in [2.05, 4.69) is 10.0 Å². The molecule has 4 N–H and O–H groups in total. The van der Waals surface area contributed by atoms with Crippen LogP contribution >= 0.6 is 12.4 Å². The molecule has 1 atom stereocenters. The summed E-state index contributed by atoms with van der Waals surface area (Å²) in [6.45, 7) is 9.09. The summed E-state index contributed by atoms with van der Waals surface area (Å²) in [5.74, 6) is -0.681. The molecule has 10 heteroatoms. The summed E-state index contributed by atoms with van der Waals surface area (Å²) in [6.07, 6.45) is 1.87. The standard InChI is InChI=1S/C29H40N4O4S.ClH/c1-6-33(20-23-25(22-17-11-8-12-18-22)38(36,37)32-29(23,4)5)26(34)24(31-27(35)28(2,3)30)19-13-16-21-14-9-7-10-15-21;/h7-12,14-15,17-18,24,32H,6,13,16,19-20,30H2,1-5H3,(H,31,35);1H/t24-;/m1./s1. The average molecular weight is 577 g/mol. The van der Waals surface area contributed by atoms with Gasteiger partial charge in [-0.1, -0.05) is 60.7 Å². The van der Waals surface area contributed by atoms with Gasteiger partial charge in [-0.25, -0.2) is 13.1 Å². The Morgan fingerprint density at radius 1 is 1.05 bits per heavy atom. The lowest BCUT2D eigenvalue weighted by molar-refractivity contribution is -0.137. The Hall–Kier alpha value is -2.72. The van der Waals surface area contributed by atoms with Gasteiger partial charge in [-0.15, -0.1) is 12.4 Å². The van der Waals surface area contributed by atoms with Crippen molar-refractivity contribution in [2.45, 2.75) is 71.0 Å². The highest BCUT2D eigenvalue weighted by atomic mass is 35.5. The Labute approximate surface area is 238 Å². The zero-order chi connectivity index (χ0) is 28.1. The number of hydrogen-bond donors (Lipinski definition) is 3. The van der Waals surface area contributed by atoms with Crippen molar-refractivity contribution in [3.63, 3.8) is 0 Å². The van der Waals surface area contributed by atoms with Gasteiger partial charge in [-0.05, 0) is 70.6 Å². The second-order valence-electron chi connectivity index (χ2n) is 10.9. The largest absolute Gasteiger partial charge is 0.343 e. The van der Waals surface area contributed by atoms with Gasteiger partial charge in [-0.3, -0.25) is 9.59 Å². The maximum atomic E-state index is 13.9. The van der Waals surface area contributed by atoms with Crippen LogP contribution in [0.3, 0.4) is 0 Å². The Morgan fingerprint density at radius 3 is 2.15 bits per heavy atom. The van der Waals surface area contributed by atoms with Crippen molar-refractivity contribution in [1.29, 1.82) is 0 Å². The normalized spacial score (nSPS) is 16.8. The molecule has 214 valence electrons. The van der Waals surface area contributed by atoms with E-state index in [9.17, 15) is 18.0 Å². The molecule has 0 fully saturated rings. The molecule has 0 saturated heterocycles. The smallest absolute Gasteiger partial charge is 0.245 e. The molecule has 8 nitrogen and oxygen atoms in total. The molecule has 2 aromatic rings. The highest BCUT2D eigenvalue weighted by Gasteiger charge is 2.44.